The van der Waals surface area contributed by atoms with Gasteiger partial charge in [-0.25, -0.2) is 0 Å². The third kappa shape index (κ3) is 2.38. The van der Waals surface area contributed by atoms with Crippen LogP contribution in [0, 0.1) is 0 Å². The van der Waals surface area contributed by atoms with Crippen molar-refractivity contribution in [3.05, 3.63) is 59.1 Å². The molecule has 0 aliphatic carbocycles. The van der Waals surface area contributed by atoms with Crippen LogP contribution in [0.3, 0.4) is 0 Å². The molecule has 0 saturated carbocycles. The molecule has 0 spiro atoms. The summed E-state index contributed by atoms with van der Waals surface area (Å²) in [6, 6.07) is 14.1. The van der Waals surface area contributed by atoms with Crippen LogP contribution in [-0.2, 0) is 4.79 Å². The highest BCUT2D eigenvalue weighted by molar-refractivity contribution is 6.31. The number of para-hydroxylation sites is 2. The second-order valence-corrected chi connectivity index (χ2v) is 5.28. The number of fused-ring (bicyclic) bond motifs is 1. The van der Waals surface area contributed by atoms with Crippen LogP contribution < -0.4 is 9.80 Å². The summed E-state index contributed by atoms with van der Waals surface area (Å²) in [7, 11) is 1.71. The average Bonchev–Trinajstić information content (AvgIpc) is 2.50. The predicted molar refractivity (Wildman–Crippen MR) is 83.0 cm³/mol. The number of carbonyl (C=O) groups excluding carboxylic acids is 2. The van der Waals surface area contributed by atoms with E-state index >= 15 is 0 Å². The minimum Gasteiger partial charge on any atom is -0.312 e. The molecule has 2 aromatic carbocycles. The summed E-state index contributed by atoms with van der Waals surface area (Å²) in [5.41, 5.74) is 1.92. The summed E-state index contributed by atoms with van der Waals surface area (Å²) in [6.45, 7) is 0.0266. The fraction of sp³-hybridized carbons (Fsp3) is 0.125. The lowest BCUT2D eigenvalue weighted by molar-refractivity contribution is -0.117. The van der Waals surface area contributed by atoms with E-state index in [9.17, 15) is 9.59 Å². The van der Waals surface area contributed by atoms with Crippen molar-refractivity contribution in [1.29, 1.82) is 0 Å². The molecule has 1 aliphatic rings. The Morgan fingerprint density at radius 1 is 1.10 bits per heavy atom. The van der Waals surface area contributed by atoms with Gasteiger partial charge in [-0.15, -0.1) is 0 Å². The van der Waals surface area contributed by atoms with Crippen LogP contribution in [0.1, 0.15) is 10.4 Å². The zero-order valence-electron chi connectivity index (χ0n) is 11.4. The number of nitrogens with zero attached hydrogens (tertiary/aromatic N) is 2. The fourth-order valence-corrected chi connectivity index (χ4v) is 2.59. The van der Waals surface area contributed by atoms with Gasteiger partial charge in [-0.2, -0.15) is 0 Å². The molecule has 0 fully saturated rings. The number of anilines is 2. The SMILES string of the molecule is CN1C(=O)CN(C(=O)c2cccc(Cl)c2)c2ccccc21. The van der Waals surface area contributed by atoms with Gasteiger partial charge in [0.2, 0.25) is 5.91 Å². The van der Waals surface area contributed by atoms with E-state index in [1.807, 2.05) is 24.3 Å². The fourth-order valence-electron chi connectivity index (χ4n) is 2.40. The van der Waals surface area contributed by atoms with Gasteiger partial charge in [-0.1, -0.05) is 29.8 Å². The Labute approximate surface area is 127 Å². The van der Waals surface area contributed by atoms with Crippen LogP contribution in [0.15, 0.2) is 48.5 Å². The zero-order valence-corrected chi connectivity index (χ0v) is 12.2. The van der Waals surface area contributed by atoms with E-state index in [1.54, 1.807) is 36.2 Å². The Kier molecular flexibility index (Phi) is 3.39. The van der Waals surface area contributed by atoms with E-state index in [0.717, 1.165) is 11.4 Å². The molecular weight excluding hydrogens is 288 g/mol. The summed E-state index contributed by atoms with van der Waals surface area (Å²) in [5, 5.41) is 0.495. The first-order valence-electron chi connectivity index (χ1n) is 6.51. The number of rotatable bonds is 1. The highest BCUT2D eigenvalue weighted by Gasteiger charge is 2.30. The van der Waals surface area contributed by atoms with Crippen molar-refractivity contribution < 1.29 is 9.59 Å². The van der Waals surface area contributed by atoms with Crippen molar-refractivity contribution in [2.45, 2.75) is 0 Å². The number of carbonyl (C=O) groups is 2. The lowest BCUT2D eigenvalue weighted by Gasteiger charge is -2.34. The van der Waals surface area contributed by atoms with E-state index in [2.05, 4.69) is 0 Å². The largest absolute Gasteiger partial charge is 0.312 e. The monoisotopic (exact) mass is 300 g/mol. The maximum absolute atomic E-state index is 12.7. The second kappa shape index (κ2) is 5.22. The van der Waals surface area contributed by atoms with Gasteiger partial charge in [0.25, 0.3) is 5.91 Å². The van der Waals surface area contributed by atoms with Crippen molar-refractivity contribution in [2.75, 3.05) is 23.4 Å². The normalized spacial score (nSPS) is 14.1. The Balaban J connectivity index is 2.05. The lowest BCUT2D eigenvalue weighted by Crippen LogP contribution is -2.46. The van der Waals surface area contributed by atoms with E-state index < -0.39 is 0 Å². The van der Waals surface area contributed by atoms with Crippen molar-refractivity contribution in [3.8, 4) is 0 Å². The number of hydrogen-bond donors (Lipinski definition) is 0. The molecule has 0 radical (unpaired) electrons. The smallest absolute Gasteiger partial charge is 0.258 e. The number of likely N-dealkylation sites (N-methyl/N-ethyl adjacent to an activating group) is 1. The van der Waals surface area contributed by atoms with Crippen molar-refractivity contribution in [2.24, 2.45) is 0 Å². The van der Waals surface area contributed by atoms with Crippen LogP contribution in [0.2, 0.25) is 5.02 Å². The van der Waals surface area contributed by atoms with E-state index in [4.69, 9.17) is 11.6 Å². The Hall–Kier alpha value is -2.33. The van der Waals surface area contributed by atoms with E-state index in [1.165, 1.54) is 4.90 Å². The van der Waals surface area contributed by atoms with Crippen molar-refractivity contribution in [3.63, 3.8) is 0 Å². The summed E-state index contributed by atoms with van der Waals surface area (Å²) < 4.78 is 0. The topological polar surface area (TPSA) is 40.6 Å². The van der Waals surface area contributed by atoms with Crippen LogP contribution in [0.25, 0.3) is 0 Å². The average molecular weight is 301 g/mol. The molecule has 1 aliphatic heterocycles. The number of halogens is 1. The van der Waals surface area contributed by atoms with Crippen LogP contribution in [0.5, 0.6) is 0 Å². The summed E-state index contributed by atoms with van der Waals surface area (Å²) in [5.74, 6) is -0.351. The Morgan fingerprint density at radius 3 is 2.52 bits per heavy atom. The number of hydrogen-bond acceptors (Lipinski definition) is 2. The molecule has 0 aromatic heterocycles. The van der Waals surface area contributed by atoms with Gasteiger partial charge in [-0.05, 0) is 30.3 Å². The van der Waals surface area contributed by atoms with Crippen molar-refractivity contribution >= 4 is 34.8 Å². The lowest BCUT2D eigenvalue weighted by atomic mass is 10.1. The van der Waals surface area contributed by atoms with Crippen LogP contribution in [0.4, 0.5) is 11.4 Å². The highest BCUT2D eigenvalue weighted by Crippen LogP contribution is 2.33. The minimum atomic E-state index is -0.230. The molecule has 3 rings (SSSR count). The van der Waals surface area contributed by atoms with Gasteiger partial charge in [0, 0.05) is 17.6 Å². The zero-order chi connectivity index (χ0) is 15.0. The van der Waals surface area contributed by atoms with Gasteiger partial charge in [0.15, 0.2) is 0 Å². The summed E-state index contributed by atoms with van der Waals surface area (Å²) in [4.78, 5) is 27.8. The van der Waals surface area contributed by atoms with Crippen LogP contribution >= 0.6 is 11.6 Å². The third-order valence-corrected chi connectivity index (χ3v) is 3.75. The molecule has 0 saturated heterocycles. The van der Waals surface area contributed by atoms with Gasteiger partial charge in [-0.3, -0.25) is 14.5 Å². The van der Waals surface area contributed by atoms with Crippen LogP contribution in [-0.4, -0.2) is 25.4 Å². The molecule has 1 heterocycles. The molecule has 4 nitrogen and oxygen atoms in total. The molecule has 0 atom stereocenters. The first-order chi connectivity index (χ1) is 10.1. The van der Waals surface area contributed by atoms with Gasteiger partial charge >= 0.3 is 0 Å². The molecule has 2 aromatic rings. The maximum atomic E-state index is 12.7. The minimum absolute atomic E-state index is 0.0266. The van der Waals surface area contributed by atoms with Crippen molar-refractivity contribution in [1.82, 2.24) is 0 Å². The van der Waals surface area contributed by atoms with E-state index in [-0.39, 0.29) is 18.4 Å². The van der Waals surface area contributed by atoms with Gasteiger partial charge < -0.3 is 4.90 Å². The van der Waals surface area contributed by atoms with E-state index in [0.29, 0.717) is 10.6 Å². The molecule has 106 valence electrons. The number of amides is 2. The molecule has 21 heavy (non-hydrogen) atoms. The molecule has 0 unspecified atom stereocenters. The molecule has 5 heteroatoms. The molecule has 0 N–H and O–H groups in total. The predicted octanol–water partition coefficient (Wildman–Crippen LogP) is 2.96. The quantitative estimate of drug-likeness (QED) is 0.812. The highest BCUT2D eigenvalue weighted by atomic mass is 35.5. The standard InChI is InChI=1S/C16H13ClN2O2/c1-18-13-7-2-3-8-14(13)19(10-15(18)20)16(21)11-5-4-6-12(17)9-11/h2-9H,10H2,1H3. The molecular formula is C16H13ClN2O2. The number of benzene rings is 2. The van der Waals surface area contributed by atoms with Gasteiger partial charge in [0.05, 0.1) is 11.4 Å². The van der Waals surface area contributed by atoms with Gasteiger partial charge in [0.1, 0.15) is 6.54 Å². The summed E-state index contributed by atoms with van der Waals surface area (Å²) >= 11 is 5.93. The maximum Gasteiger partial charge on any atom is 0.258 e. The molecule has 2 amide bonds. The molecule has 0 bridgehead atoms. The second-order valence-electron chi connectivity index (χ2n) is 4.84. The third-order valence-electron chi connectivity index (χ3n) is 3.52. The first-order valence-corrected chi connectivity index (χ1v) is 6.89. The summed E-state index contributed by atoms with van der Waals surface area (Å²) in [6.07, 6.45) is 0. The Morgan fingerprint density at radius 2 is 1.81 bits per heavy atom. The Bertz CT molecular complexity index is 730. The first kappa shape index (κ1) is 13.6.